The van der Waals surface area contributed by atoms with Gasteiger partial charge in [0.25, 0.3) is 0 Å². The third-order valence-electron chi connectivity index (χ3n) is 1.95. The molecule has 1 aliphatic rings. The van der Waals surface area contributed by atoms with Crippen LogP contribution in [0.1, 0.15) is 20.3 Å². The first-order valence-electron chi connectivity index (χ1n) is 4.03. The van der Waals surface area contributed by atoms with Gasteiger partial charge in [0.15, 0.2) is 0 Å². The van der Waals surface area contributed by atoms with E-state index in [1.165, 1.54) is 7.11 Å². The molecule has 0 bridgehead atoms. The Labute approximate surface area is 71.8 Å². The Hall–Kier alpha value is -0.770. The van der Waals surface area contributed by atoms with E-state index in [0.29, 0.717) is 0 Å². The fraction of sp³-hybridized carbons (Fsp3) is 0.875. The zero-order chi connectivity index (χ0) is 9.14. The van der Waals surface area contributed by atoms with E-state index < -0.39 is 6.16 Å². The normalized spacial score (nSPS) is 34.8. The number of ether oxygens (including phenoxy) is 3. The monoisotopic (exact) mass is 174 g/mol. The van der Waals surface area contributed by atoms with Crippen molar-refractivity contribution in [2.75, 3.05) is 7.11 Å². The van der Waals surface area contributed by atoms with Gasteiger partial charge in [-0.15, -0.1) is 0 Å². The summed E-state index contributed by atoms with van der Waals surface area (Å²) < 4.78 is 14.7. The maximum atomic E-state index is 10.7. The highest BCUT2D eigenvalue weighted by Gasteiger charge is 2.32. The fourth-order valence-electron chi connectivity index (χ4n) is 1.34. The zero-order valence-electron chi connectivity index (χ0n) is 7.57. The predicted molar refractivity (Wildman–Crippen MR) is 41.9 cm³/mol. The first-order chi connectivity index (χ1) is 5.63. The molecule has 3 unspecified atom stereocenters. The van der Waals surface area contributed by atoms with Crippen molar-refractivity contribution in [1.29, 1.82) is 0 Å². The van der Waals surface area contributed by atoms with Crippen LogP contribution in [0, 0.1) is 0 Å². The maximum Gasteiger partial charge on any atom is 0.508 e. The maximum absolute atomic E-state index is 10.7. The van der Waals surface area contributed by atoms with E-state index >= 15 is 0 Å². The van der Waals surface area contributed by atoms with Crippen molar-refractivity contribution in [1.82, 2.24) is 0 Å². The average Bonchev–Trinajstić information content (AvgIpc) is 2.30. The number of carbonyl (C=O) groups is 1. The van der Waals surface area contributed by atoms with Gasteiger partial charge in [-0.1, -0.05) is 0 Å². The van der Waals surface area contributed by atoms with Gasteiger partial charge in [-0.25, -0.2) is 4.79 Å². The minimum Gasteiger partial charge on any atom is -0.438 e. The van der Waals surface area contributed by atoms with Crippen LogP contribution in [0.2, 0.25) is 0 Å². The Kier molecular flexibility index (Phi) is 2.92. The molecule has 1 fully saturated rings. The van der Waals surface area contributed by atoms with Gasteiger partial charge in [0, 0.05) is 6.42 Å². The molecular weight excluding hydrogens is 160 g/mol. The van der Waals surface area contributed by atoms with Crippen LogP contribution in [0.4, 0.5) is 4.79 Å². The third kappa shape index (κ3) is 2.11. The van der Waals surface area contributed by atoms with Crippen molar-refractivity contribution in [3.63, 3.8) is 0 Å². The number of methoxy groups -OCH3 is 1. The minimum absolute atomic E-state index is 0.0286. The van der Waals surface area contributed by atoms with Crippen LogP contribution >= 0.6 is 0 Å². The predicted octanol–water partition coefficient (Wildman–Crippen LogP) is 1.34. The van der Waals surface area contributed by atoms with Gasteiger partial charge < -0.3 is 14.2 Å². The molecule has 1 rings (SSSR count). The van der Waals surface area contributed by atoms with Crippen molar-refractivity contribution in [3.05, 3.63) is 0 Å². The van der Waals surface area contributed by atoms with Crippen LogP contribution < -0.4 is 0 Å². The van der Waals surface area contributed by atoms with Crippen LogP contribution in [-0.4, -0.2) is 31.6 Å². The molecule has 1 aliphatic heterocycles. The number of rotatable bonds is 1. The van der Waals surface area contributed by atoms with Crippen LogP contribution in [-0.2, 0) is 14.2 Å². The molecule has 1 saturated heterocycles. The van der Waals surface area contributed by atoms with E-state index in [1.54, 1.807) is 0 Å². The Balaban J connectivity index is 2.37. The van der Waals surface area contributed by atoms with E-state index in [4.69, 9.17) is 9.47 Å². The highest BCUT2D eigenvalue weighted by molar-refractivity contribution is 5.59. The van der Waals surface area contributed by atoms with Crippen molar-refractivity contribution < 1.29 is 19.0 Å². The SMILES string of the molecule is COC(=O)OC1CC(C)OC1C. The van der Waals surface area contributed by atoms with Gasteiger partial charge in [-0.3, -0.25) is 0 Å². The van der Waals surface area contributed by atoms with Gasteiger partial charge in [0.05, 0.1) is 19.3 Å². The summed E-state index contributed by atoms with van der Waals surface area (Å²) >= 11 is 0. The second kappa shape index (κ2) is 3.76. The molecule has 1 heterocycles. The molecule has 0 radical (unpaired) electrons. The molecule has 0 aliphatic carbocycles. The van der Waals surface area contributed by atoms with Gasteiger partial charge >= 0.3 is 6.16 Å². The van der Waals surface area contributed by atoms with E-state index in [-0.39, 0.29) is 18.3 Å². The third-order valence-corrected chi connectivity index (χ3v) is 1.95. The van der Waals surface area contributed by atoms with Gasteiger partial charge in [-0.2, -0.15) is 0 Å². The number of hydrogen-bond acceptors (Lipinski definition) is 4. The van der Waals surface area contributed by atoms with Crippen LogP contribution in [0.3, 0.4) is 0 Å². The Morgan fingerprint density at radius 1 is 1.50 bits per heavy atom. The summed E-state index contributed by atoms with van der Waals surface area (Å²) in [7, 11) is 1.30. The zero-order valence-corrected chi connectivity index (χ0v) is 7.57. The van der Waals surface area contributed by atoms with Crippen LogP contribution in [0.5, 0.6) is 0 Å². The van der Waals surface area contributed by atoms with Gasteiger partial charge in [0.2, 0.25) is 0 Å². The largest absolute Gasteiger partial charge is 0.508 e. The molecule has 0 aromatic rings. The lowest BCUT2D eigenvalue weighted by Gasteiger charge is -2.13. The highest BCUT2D eigenvalue weighted by atomic mass is 16.7. The molecule has 0 N–H and O–H groups in total. The summed E-state index contributed by atoms with van der Waals surface area (Å²) in [4.78, 5) is 10.7. The van der Waals surface area contributed by atoms with E-state index in [1.807, 2.05) is 13.8 Å². The second-order valence-electron chi connectivity index (χ2n) is 3.00. The quantitative estimate of drug-likeness (QED) is 0.562. The first kappa shape index (κ1) is 9.32. The van der Waals surface area contributed by atoms with Crippen molar-refractivity contribution >= 4 is 6.16 Å². The van der Waals surface area contributed by atoms with Crippen molar-refractivity contribution in [2.45, 2.75) is 38.6 Å². The van der Waals surface area contributed by atoms with E-state index in [0.717, 1.165) is 6.42 Å². The summed E-state index contributed by atoms with van der Waals surface area (Å²) in [5, 5.41) is 0. The molecule has 0 aromatic heterocycles. The highest BCUT2D eigenvalue weighted by Crippen LogP contribution is 2.22. The second-order valence-corrected chi connectivity index (χ2v) is 3.00. The molecule has 4 nitrogen and oxygen atoms in total. The van der Waals surface area contributed by atoms with E-state index in [2.05, 4.69) is 4.74 Å². The number of hydrogen-bond donors (Lipinski definition) is 0. The molecule has 0 aromatic carbocycles. The summed E-state index contributed by atoms with van der Waals surface area (Å²) in [6, 6.07) is 0. The molecular formula is C8H14O4. The first-order valence-corrected chi connectivity index (χ1v) is 4.03. The Bertz CT molecular complexity index is 168. The molecule has 70 valence electrons. The fourth-order valence-corrected chi connectivity index (χ4v) is 1.34. The minimum atomic E-state index is -0.635. The van der Waals surface area contributed by atoms with Gasteiger partial charge in [0.1, 0.15) is 6.10 Å². The Morgan fingerprint density at radius 3 is 2.58 bits per heavy atom. The van der Waals surface area contributed by atoms with E-state index in [9.17, 15) is 4.79 Å². The molecule has 0 spiro atoms. The Morgan fingerprint density at radius 2 is 2.17 bits per heavy atom. The summed E-state index contributed by atoms with van der Waals surface area (Å²) in [5.74, 6) is 0. The summed E-state index contributed by atoms with van der Waals surface area (Å²) in [6.07, 6.45) is 0.0850. The molecule has 12 heavy (non-hydrogen) atoms. The van der Waals surface area contributed by atoms with Crippen molar-refractivity contribution in [2.24, 2.45) is 0 Å². The number of carbonyl (C=O) groups excluding carboxylic acids is 1. The lowest BCUT2D eigenvalue weighted by molar-refractivity contribution is -0.00495. The van der Waals surface area contributed by atoms with Crippen molar-refractivity contribution in [3.8, 4) is 0 Å². The lowest BCUT2D eigenvalue weighted by Crippen LogP contribution is -2.24. The molecule has 4 heteroatoms. The van der Waals surface area contributed by atoms with Crippen LogP contribution in [0.15, 0.2) is 0 Å². The molecule has 3 atom stereocenters. The standard InChI is InChI=1S/C8H14O4/c1-5-4-7(6(2)11-5)12-8(9)10-3/h5-7H,4H2,1-3H3. The summed E-state index contributed by atoms with van der Waals surface area (Å²) in [6.45, 7) is 3.84. The van der Waals surface area contributed by atoms with Gasteiger partial charge in [-0.05, 0) is 13.8 Å². The smallest absolute Gasteiger partial charge is 0.438 e. The molecule has 0 saturated carbocycles. The molecule has 0 amide bonds. The lowest BCUT2D eigenvalue weighted by atomic mass is 10.2. The topological polar surface area (TPSA) is 44.8 Å². The van der Waals surface area contributed by atoms with Crippen LogP contribution in [0.25, 0.3) is 0 Å². The summed E-state index contributed by atoms with van der Waals surface area (Å²) in [5.41, 5.74) is 0. The average molecular weight is 174 g/mol.